The molecule has 0 aliphatic rings. The van der Waals surface area contributed by atoms with Gasteiger partial charge in [-0.1, -0.05) is 109 Å². The van der Waals surface area contributed by atoms with Gasteiger partial charge in [-0.2, -0.15) is 0 Å². The zero-order chi connectivity index (χ0) is 32.3. The molecule has 0 aliphatic heterocycles. The van der Waals surface area contributed by atoms with Crippen molar-refractivity contribution in [3.8, 4) is 45.3 Å². The lowest BCUT2D eigenvalue weighted by molar-refractivity contribution is 0.667. The van der Waals surface area contributed by atoms with E-state index >= 15 is 0 Å². The van der Waals surface area contributed by atoms with Gasteiger partial charge >= 0.3 is 0 Å². The van der Waals surface area contributed by atoms with Crippen molar-refractivity contribution in [2.45, 2.75) is 0 Å². The van der Waals surface area contributed by atoms with Crippen molar-refractivity contribution >= 4 is 54.3 Å². The summed E-state index contributed by atoms with van der Waals surface area (Å²) >= 11 is 0. The van der Waals surface area contributed by atoms with Crippen LogP contribution in [0.1, 0.15) is 0 Å². The minimum atomic E-state index is 0.613. The fourth-order valence-corrected chi connectivity index (χ4v) is 6.99. The number of hydrogen-bond donors (Lipinski definition) is 0. The van der Waals surface area contributed by atoms with Gasteiger partial charge in [-0.15, -0.1) is 0 Å². The first-order valence-corrected chi connectivity index (χ1v) is 16.3. The van der Waals surface area contributed by atoms with Crippen molar-refractivity contribution in [1.82, 2.24) is 19.9 Å². The number of aromatic nitrogens is 4. The number of fused-ring (bicyclic) bond motifs is 6. The van der Waals surface area contributed by atoms with Gasteiger partial charge in [0.25, 0.3) is 0 Å². The Morgan fingerprint density at radius 3 is 1.67 bits per heavy atom. The highest BCUT2D eigenvalue weighted by Crippen LogP contribution is 2.41. The predicted molar refractivity (Wildman–Crippen MR) is 199 cm³/mol. The topological polar surface area (TPSA) is 64.7 Å². The molecule has 0 aliphatic carbocycles. The molecule has 228 valence electrons. The van der Waals surface area contributed by atoms with Gasteiger partial charge in [0.15, 0.2) is 23.1 Å². The molecule has 10 aromatic rings. The lowest BCUT2D eigenvalue weighted by atomic mass is 9.92. The SMILES string of the molecule is c1ccc2cc(-c3nc(-c4ccc5ccccc5c4)nc(-c4cc(-c5cccc6oc7cnccc7c56)c5ccccc5c4)n3)ccc2c1. The minimum Gasteiger partial charge on any atom is -0.454 e. The quantitative estimate of drug-likeness (QED) is 0.194. The number of furan rings is 1. The van der Waals surface area contributed by atoms with Crippen LogP contribution in [0.5, 0.6) is 0 Å². The first-order chi connectivity index (χ1) is 24.2. The summed E-state index contributed by atoms with van der Waals surface area (Å²) in [7, 11) is 0. The number of pyridine rings is 1. The standard InChI is InChI=1S/C44H26N4O/c1-3-10-29-22-32(18-16-27(29)8-1)42-46-43(33-19-17-28-9-2-4-11-30(28)23-33)48-44(47-42)34-24-31-12-5-6-13-35(31)38(25-34)36-14-7-15-39-41(36)37-20-21-45-26-40(37)49-39/h1-26H. The van der Waals surface area contributed by atoms with Crippen LogP contribution in [0.4, 0.5) is 0 Å². The fraction of sp³-hybridized carbons (Fsp3) is 0. The van der Waals surface area contributed by atoms with Gasteiger partial charge in [-0.05, 0) is 79.8 Å². The van der Waals surface area contributed by atoms with Crippen molar-refractivity contribution in [1.29, 1.82) is 0 Å². The Morgan fingerprint density at radius 2 is 0.980 bits per heavy atom. The molecule has 0 amide bonds. The maximum absolute atomic E-state index is 6.24. The lowest BCUT2D eigenvalue weighted by Gasteiger charge is -2.13. The van der Waals surface area contributed by atoms with Crippen LogP contribution in [-0.2, 0) is 0 Å². The van der Waals surface area contributed by atoms with Gasteiger partial charge in [-0.25, -0.2) is 15.0 Å². The van der Waals surface area contributed by atoms with E-state index in [1.54, 1.807) is 6.20 Å². The summed E-state index contributed by atoms with van der Waals surface area (Å²) in [5, 5.41) is 8.95. The van der Waals surface area contributed by atoms with Crippen molar-refractivity contribution in [3.63, 3.8) is 0 Å². The molecule has 7 aromatic carbocycles. The second-order valence-electron chi connectivity index (χ2n) is 12.3. The van der Waals surface area contributed by atoms with E-state index in [-0.39, 0.29) is 0 Å². The highest BCUT2D eigenvalue weighted by Gasteiger charge is 2.18. The third kappa shape index (κ3) is 4.63. The lowest BCUT2D eigenvalue weighted by Crippen LogP contribution is -2.00. The molecule has 0 spiro atoms. The normalized spacial score (nSPS) is 11.7. The molecule has 0 N–H and O–H groups in total. The summed E-state index contributed by atoms with van der Waals surface area (Å²) < 4.78 is 6.24. The van der Waals surface area contributed by atoms with E-state index in [2.05, 4.69) is 132 Å². The van der Waals surface area contributed by atoms with E-state index in [4.69, 9.17) is 19.4 Å². The Morgan fingerprint density at radius 1 is 0.388 bits per heavy atom. The van der Waals surface area contributed by atoms with Gasteiger partial charge in [0.1, 0.15) is 5.58 Å². The highest BCUT2D eigenvalue weighted by molar-refractivity contribution is 6.15. The second kappa shape index (κ2) is 10.9. The Bertz CT molecular complexity index is 2810. The van der Waals surface area contributed by atoms with E-state index in [0.29, 0.717) is 17.5 Å². The molecule has 5 nitrogen and oxygen atoms in total. The zero-order valence-corrected chi connectivity index (χ0v) is 26.2. The molecule has 0 fully saturated rings. The Balaban J connectivity index is 1.23. The molecule has 0 unspecified atom stereocenters. The number of rotatable bonds is 4. The molecule has 0 bridgehead atoms. The summed E-state index contributed by atoms with van der Waals surface area (Å²) in [5.74, 6) is 1.87. The molecule has 0 saturated carbocycles. The van der Waals surface area contributed by atoms with E-state index in [1.807, 2.05) is 24.4 Å². The van der Waals surface area contributed by atoms with Crippen molar-refractivity contribution in [2.24, 2.45) is 0 Å². The van der Waals surface area contributed by atoms with Crippen LogP contribution >= 0.6 is 0 Å². The molecular formula is C44H26N4O. The summed E-state index contributed by atoms with van der Waals surface area (Å²) in [5.41, 5.74) is 6.54. The van der Waals surface area contributed by atoms with Crippen LogP contribution in [0.3, 0.4) is 0 Å². The van der Waals surface area contributed by atoms with Gasteiger partial charge in [0.05, 0.1) is 6.20 Å². The molecule has 0 atom stereocenters. The number of hydrogen-bond acceptors (Lipinski definition) is 5. The molecule has 3 heterocycles. The molecule has 49 heavy (non-hydrogen) atoms. The van der Waals surface area contributed by atoms with Gasteiger partial charge in [0.2, 0.25) is 0 Å². The van der Waals surface area contributed by atoms with Crippen LogP contribution in [-0.4, -0.2) is 19.9 Å². The Hall–Kier alpha value is -6.72. The zero-order valence-electron chi connectivity index (χ0n) is 26.2. The van der Waals surface area contributed by atoms with Crippen molar-refractivity contribution < 1.29 is 4.42 Å². The average molecular weight is 627 g/mol. The summed E-state index contributed by atoms with van der Waals surface area (Å²) in [6.07, 6.45) is 3.59. The largest absolute Gasteiger partial charge is 0.454 e. The molecular weight excluding hydrogens is 601 g/mol. The molecule has 10 rings (SSSR count). The molecule has 5 heteroatoms. The van der Waals surface area contributed by atoms with Crippen LogP contribution in [0.15, 0.2) is 162 Å². The highest BCUT2D eigenvalue weighted by atomic mass is 16.3. The fourth-order valence-electron chi connectivity index (χ4n) is 6.99. The molecule has 3 aromatic heterocycles. The Kier molecular flexibility index (Phi) is 6.11. The van der Waals surface area contributed by atoms with Crippen LogP contribution in [0.2, 0.25) is 0 Å². The van der Waals surface area contributed by atoms with E-state index < -0.39 is 0 Å². The van der Waals surface area contributed by atoms with Gasteiger partial charge in [-0.3, -0.25) is 4.98 Å². The summed E-state index contributed by atoms with van der Waals surface area (Å²) in [6, 6.07) is 50.6. The van der Waals surface area contributed by atoms with Crippen LogP contribution < -0.4 is 0 Å². The van der Waals surface area contributed by atoms with E-state index in [0.717, 1.165) is 71.3 Å². The summed E-state index contributed by atoms with van der Waals surface area (Å²) in [6.45, 7) is 0. The third-order valence-electron chi connectivity index (χ3n) is 9.36. The first-order valence-electron chi connectivity index (χ1n) is 16.3. The molecule has 0 saturated heterocycles. The second-order valence-corrected chi connectivity index (χ2v) is 12.3. The number of benzene rings is 7. The van der Waals surface area contributed by atoms with Crippen molar-refractivity contribution in [2.75, 3.05) is 0 Å². The van der Waals surface area contributed by atoms with Gasteiger partial charge < -0.3 is 4.42 Å². The van der Waals surface area contributed by atoms with E-state index in [1.165, 1.54) is 10.8 Å². The minimum absolute atomic E-state index is 0.613. The van der Waals surface area contributed by atoms with E-state index in [9.17, 15) is 0 Å². The Labute approximate surface area is 281 Å². The molecule has 0 radical (unpaired) electrons. The predicted octanol–water partition coefficient (Wildman–Crippen LogP) is 11.3. The van der Waals surface area contributed by atoms with Crippen LogP contribution in [0, 0.1) is 0 Å². The maximum Gasteiger partial charge on any atom is 0.164 e. The number of nitrogens with zero attached hydrogens (tertiary/aromatic N) is 4. The smallest absolute Gasteiger partial charge is 0.164 e. The maximum atomic E-state index is 6.24. The van der Waals surface area contributed by atoms with Crippen LogP contribution in [0.25, 0.3) is 99.5 Å². The average Bonchev–Trinajstić information content (AvgIpc) is 3.56. The summed E-state index contributed by atoms with van der Waals surface area (Å²) in [4.78, 5) is 19.7. The van der Waals surface area contributed by atoms with Crippen molar-refractivity contribution in [3.05, 3.63) is 158 Å². The monoisotopic (exact) mass is 626 g/mol. The van der Waals surface area contributed by atoms with Gasteiger partial charge in [0, 0.05) is 33.7 Å². The first kappa shape index (κ1) is 27.4. The third-order valence-corrected chi connectivity index (χ3v) is 9.36.